The van der Waals surface area contributed by atoms with Gasteiger partial charge in [0.15, 0.2) is 4.80 Å². The maximum atomic E-state index is 13.9. The molecule has 1 aromatic heterocycles. The summed E-state index contributed by atoms with van der Waals surface area (Å²) < 4.78 is 44.0. The normalized spacial score (nSPS) is 15.3. The number of para-hydroxylation sites is 1. The molecule has 0 N–H and O–H groups in total. The van der Waals surface area contributed by atoms with E-state index in [1.54, 1.807) is 43.3 Å². The van der Waals surface area contributed by atoms with Crippen LogP contribution in [0.5, 0.6) is 11.5 Å². The molecule has 0 unspecified atom stereocenters. The van der Waals surface area contributed by atoms with E-state index in [1.165, 1.54) is 23.8 Å². The Bertz CT molecular complexity index is 1560. The van der Waals surface area contributed by atoms with Gasteiger partial charge in [-0.3, -0.25) is 9.36 Å². The van der Waals surface area contributed by atoms with Crippen LogP contribution >= 0.6 is 27.3 Å². The van der Waals surface area contributed by atoms with Crippen LogP contribution in [0.4, 0.5) is 8.78 Å². The molecule has 38 heavy (non-hydrogen) atoms. The summed E-state index contributed by atoms with van der Waals surface area (Å²) in [5.41, 5.74) is 1.22. The van der Waals surface area contributed by atoms with E-state index < -0.39 is 24.2 Å². The second-order valence-electron chi connectivity index (χ2n) is 8.22. The summed E-state index contributed by atoms with van der Waals surface area (Å²) in [7, 11) is 1.51. The molecular weight excluding hydrogens is 582 g/mol. The first kappa shape index (κ1) is 27.7. The molecule has 200 valence electrons. The molecule has 4 rings (SSSR count). The van der Waals surface area contributed by atoms with Crippen LogP contribution in [0, 0.1) is 0 Å². The SMILES string of the molecule is CCCC1=C(C(=O)OCC)[C@@H](c2cc(Br)ccc2OC)n2c(s/c(=C\c3ccccc3OC(F)F)c2=O)=N1. The first-order valence-electron chi connectivity index (χ1n) is 11.9. The van der Waals surface area contributed by atoms with Crippen LogP contribution in [0.15, 0.2) is 68.0 Å². The van der Waals surface area contributed by atoms with E-state index in [-0.39, 0.29) is 22.5 Å². The van der Waals surface area contributed by atoms with Crippen molar-refractivity contribution in [2.75, 3.05) is 13.7 Å². The zero-order valence-corrected chi connectivity index (χ0v) is 23.3. The van der Waals surface area contributed by atoms with Gasteiger partial charge in [-0.05, 0) is 43.7 Å². The van der Waals surface area contributed by atoms with Crippen LogP contribution in [0.3, 0.4) is 0 Å². The number of rotatable bonds is 9. The van der Waals surface area contributed by atoms with Crippen LogP contribution in [-0.2, 0) is 9.53 Å². The molecular formula is C27H25BrF2N2O5S. The molecule has 3 aromatic rings. The van der Waals surface area contributed by atoms with Crippen LogP contribution in [0.2, 0.25) is 0 Å². The Hall–Kier alpha value is -3.31. The van der Waals surface area contributed by atoms with E-state index in [9.17, 15) is 18.4 Å². The number of nitrogens with zero attached hydrogens (tertiary/aromatic N) is 2. The maximum absolute atomic E-state index is 13.9. The van der Waals surface area contributed by atoms with Crippen molar-refractivity contribution in [3.8, 4) is 11.5 Å². The Balaban J connectivity index is 2.03. The Labute approximate surface area is 229 Å². The first-order valence-corrected chi connectivity index (χ1v) is 13.5. The topological polar surface area (TPSA) is 79.1 Å². The van der Waals surface area contributed by atoms with E-state index in [2.05, 4.69) is 20.7 Å². The fourth-order valence-corrected chi connectivity index (χ4v) is 5.67. The third-order valence-corrected chi connectivity index (χ3v) is 7.28. The van der Waals surface area contributed by atoms with Crippen LogP contribution in [0.1, 0.15) is 43.9 Å². The number of esters is 1. The average Bonchev–Trinajstić information content (AvgIpc) is 3.19. The van der Waals surface area contributed by atoms with Crippen molar-refractivity contribution < 1.29 is 27.8 Å². The minimum absolute atomic E-state index is 0.0579. The van der Waals surface area contributed by atoms with E-state index in [0.29, 0.717) is 40.2 Å². The quantitative estimate of drug-likeness (QED) is 0.322. The fraction of sp³-hybridized carbons (Fsp3) is 0.296. The van der Waals surface area contributed by atoms with E-state index in [4.69, 9.17) is 14.5 Å². The molecule has 2 aromatic carbocycles. The zero-order chi connectivity index (χ0) is 27.4. The summed E-state index contributed by atoms with van der Waals surface area (Å²) >= 11 is 4.59. The number of carbonyl (C=O) groups is 1. The van der Waals surface area contributed by atoms with Gasteiger partial charge in [-0.15, -0.1) is 0 Å². The van der Waals surface area contributed by atoms with Crippen molar-refractivity contribution in [2.45, 2.75) is 39.3 Å². The number of benzene rings is 2. The molecule has 2 heterocycles. The van der Waals surface area contributed by atoms with Gasteiger partial charge in [0.2, 0.25) is 0 Å². The van der Waals surface area contributed by atoms with Crippen molar-refractivity contribution in [1.29, 1.82) is 0 Å². The van der Waals surface area contributed by atoms with Crippen LogP contribution in [0.25, 0.3) is 6.08 Å². The zero-order valence-electron chi connectivity index (χ0n) is 20.9. The largest absolute Gasteiger partial charge is 0.496 e. The second kappa shape index (κ2) is 12.0. The summed E-state index contributed by atoms with van der Waals surface area (Å²) in [6.07, 6.45) is 2.68. The molecule has 11 heteroatoms. The Morgan fingerprint density at radius 1 is 1.21 bits per heavy atom. The van der Waals surface area contributed by atoms with Gasteiger partial charge in [0.1, 0.15) is 17.5 Å². The van der Waals surface area contributed by atoms with Crippen LogP contribution in [-0.4, -0.2) is 30.9 Å². The monoisotopic (exact) mass is 606 g/mol. The number of thiazole rings is 1. The molecule has 7 nitrogen and oxygen atoms in total. The van der Waals surface area contributed by atoms with Crippen molar-refractivity contribution in [3.63, 3.8) is 0 Å². The van der Waals surface area contributed by atoms with Gasteiger partial charge in [0.25, 0.3) is 5.56 Å². The van der Waals surface area contributed by atoms with Gasteiger partial charge in [-0.2, -0.15) is 8.78 Å². The number of halogens is 3. The van der Waals surface area contributed by atoms with E-state index in [0.717, 1.165) is 15.8 Å². The predicted octanol–water partition coefficient (Wildman–Crippen LogP) is 4.95. The summed E-state index contributed by atoms with van der Waals surface area (Å²) in [5, 5.41) is 0. The van der Waals surface area contributed by atoms with Crippen molar-refractivity contribution in [1.82, 2.24) is 4.57 Å². The molecule has 0 spiro atoms. The number of hydrogen-bond acceptors (Lipinski definition) is 7. The average molecular weight is 607 g/mol. The predicted molar refractivity (Wildman–Crippen MR) is 143 cm³/mol. The molecule has 0 saturated heterocycles. The second-order valence-corrected chi connectivity index (χ2v) is 10.1. The van der Waals surface area contributed by atoms with Crippen molar-refractivity contribution >= 4 is 39.3 Å². The standard InChI is InChI=1S/C27H25BrF2N2O5S/c1-4-8-18-22(25(34)36-5-2)23(17-14-16(28)11-12-20(17)35-3)32-24(33)21(38-27(32)31-18)13-15-9-6-7-10-19(15)37-26(29)30/h6-7,9-14,23,26H,4-5,8H2,1-3H3/b21-13-/t23-/m1/s1. The Kier molecular flexibility index (Phi) is 8.78. The van der Waals surface area contributed by atoms with E-state index >= 15 is 0 Å². The molecule has 0 saturated carbocycles. The molecule has 0 fully saturated rings. The van der Waals surface area contributed by atoms with Gasteiger partial charge in [-0.25, -0.2) is 9.79 Å². The lowest BCUT2D eigenvalue weighted by atomic mass is 9.93. The minimum Gasteiger partial charge on any atom is -0.496 e. The smallest absolute Gasteiger partial charge is 0.387 e. The van der Waals surface area contributed by atoms with Crippen LogP contribution < -0.4 is 24.4 Å². The molecule has 1 aliphatic heterocycles. The fourth-order valence-electron chi connectivity index (χ4n) is 4.28. The molecule has 0 radical (unpaired) electrons. The lowest BCUT2D eigenvalue weighted by molar-refractivity contribution is -0.139. The number of methoxy groups -OCH3 is 1. The number of alkyl halides is 2. The highest BCUT2D eigenvalue weighted by molar-refractivity contribution is 9.10. The molecule has 1 aliphatic rings. The van der Waals surface area contributed by atoms with Gasteiger partial charge in [0.05, 0.1) is 29.5 Å². The van der Waals surface area contributed by atoms with Gasteiger partial charge < -0.3 is 14.2 Å². The Morgan fingerprint density at radius 2 is 1.97 bits per heavy atom. The molecule has 0 amide bonds. The van der Waals surface area contributed by atoms with E-state index in [1.807, 2.05) is 6.92 Å². The molecule has 0 bridgehead atoms. The van der Waals surface area contributed by atoms with Crippen molar-refractivity contribution in [2.24, 2.45) is 4.99 Å². The maximum Gasteiger partial charge on any atom is 0.387 e. The number of fused-ring (bicyclic) bond motifs is 1. The summed E-state index contributed by atoms with van der Waals surface area (Å²) in [6, 6.07) is 10.7. The van der Waals surface area contributed by atoms with Gasteiger partial charge in [0, 0.05) is 15.6 Å². The highest BCUT2D eigenvalue weighted by atomic mass is 79.9. The van der Waals surface area contributed by atoms with Gasteiger partial charge in [-0.1, -0.05) is 58.8 Å². The third-order valence-electron chi connectivity index (χ3n) is 5.80. The number of aromatic nitrogens is 1. The first-order chi connectivity index (χ1) is 18.3. The number of hydrogen-bond donors (Lipinski definition) is 0. The molecule has 1 atom stereocenters. The highest BCUT2D eigenvalue weighted by Gasteiger charge is 2.36. The number of ether oxygens (including phenoxy) is 3. The minimum atomic E-state index is -3.02. The van der Waals surface area contributed by atoms with Crippen molar-refractivity contribution in [3.05, 3.63) is 89.0 Å². The lowest BCUT2D eigenvalue weighted by Crippen LogP contribution is -2.40. The summed E-state index contributed by atoms with van der Waals surface area (Å²) in [5.74, 6) is -0.155. The highest BCUT2D eigenvalue weighted by Crippen LogP contribution is 2.38. The molecule has 0 aliphatic carbocycles. The summed E-state index contributed by atoms with van der Waals surface area (Å²) in [6.45, 7) is 0.810. The number of allylic oxidation sites excluding steroid dienone is 1. The summed E-state index contributed by atoms with van der Waals surface area (Å²) in [4.78, 5) is 32.3. The number of carbonyl (C=O) groups excluding carboxylic acids is 1. The Morgan fingerprint density at radius 3 is 2.66 bits per heavy atom. The third kappa shape index (κ3) is 5.58. The lowest BCUT2D eigenvalue weighted by Gasteiger charge is -2.27. The van der Waals surface area contributed by atoms with Gasteiger partial charge >= 0.3 is 12.6 Å².